The number of benzene rings is 3. The van der Waals surface area contributed by atoms with E-state index in [-0.39, 0.29) is 11.3 Å². The minimum Gasteiger partial charge on any atom is -0.263 e. The first-order chi connectivity index (χ1) is 13.4. The zero-order chi connectivity index (χ0) is 19.8. The van der Waals surface area contributed by atoms with Crippen LogP contribution in [0, 0.1) is 6.92 Å². The zero-order valence-electron chi connectivity index (χ0n) is 15.5. The van der Waals surface area contributed by atoms with Crippen molar-refractivity contribution in [2.45, 2.75) is 29.3 Å². The molecule has 1 fully saturated rings. The van der Waals surface area contributed by atoms with Gasteiger partial charge in [0, 0.05) is 6.42 Å². The summed E-state index contributed by atoms with van der Waals surface area (Å²) in [5.41, 5.74) is -0.124. The van der Waals surface area contributed by atoms with Crippen LogP contribution >= 0.6 is 0 Å². The van der Waals surface area contributed by atoms with Crippen LogP contribution < -0.4 is 0 Å². The molecule has 0 bridgehead atoms. The third-order valence-electron chi connectivity index (χ3n) is 5.47. The second-order valence-corrected chi connectivity index (χ2v) is 8.92. The molecule has 0 aromatic heterocycles. The Bertz CT molecular complexity index is 1020. The van der Waals surface area contributed by atoms with Crippen LogP contribution in [0.5, 0.6) is 0 Å². The molecule has 0 unspecified atom stereocenters. The van der Waals surface area contributed by atoms with E-state index in [1.165, 1.54) is 12.1 Å². The van der Waals surface area contributed by atoms with E-state index in [0.29, 0.717) is 0 Å². The van der Waals surface area contributed by atoms with Crippen LogP contribution in [0.1, 0.15) is 23.1 Å². The summed E-state index contributed by atoms with van der Waals surface area (Å²) in [5.74, 6) is 0. The maximum absolute atomic E-state index is 15.9. The lowest BCUT2D eigenvalue weighted by Crippen LogP contribution is -2.27. The van der Waals surface area contributed by atoms with Crippen LogP contribution in [0.4, 0.5) is 4.39 Å². The first-order valence-corrected chi connectivity index (χ1v) is 10.5. The average Bonchev–Trinajstić information content (AvgIpc) is 3.36. The molecule has 4 rings (SSSR count). The highest BCUT2D eigenvalue weighted by molar-refractivity contribution is 7.86. The predicted molar refractivity (Wildman–Crippen MR) is 106 cm³/mol. The van der Waals surface area contributed by atoms with E-state index in [2.05, 4.69) is 0 Å². The van der Waals surface area contributed by atoms with Gasteiger partial charge in [0.1, 0.15) is 6.61 Å². The molecule has 1 aliphatic carbocycles. The normalized spacial score (nSPS) is 20.6. The van der Waals surface area contributed by atoms with E-state index < -0.39 is 27.8 Å². The monoisotopic (exact) mass is 396 g/mol. The molecular weight excluding hydrogens is 375 g/mol. The minimum absolute atomic E-state index is 0.0346. The lowest BCUT2D eigenvalue weighted by Gasteiger charge is -2.22. The van der Waals surface area contributed by atoms with Gasteiger partial charge in [-0.1, -0.05) is 78.4 Å². The van der Waals surface area contributed by atoms with Crippen LogP contribution in [-0.4, -0.2) is 20.7 Å². The van der Waals surface area contributed by atoms with Crippen molar-refractivity contribution in [3.8, 4) is 0 Å². The number of rotatable bonds is 6. The van der Waals surface area contributed by atoms with Gasteiger partial charge in [-0.3, -0.25) is 4.18 Å². The van der Waals surface area contributed by atoms with Gasteiger partial charge in [-0.05, 0) is 30.2 Å². The summed E-state index contributed by atoms with van der Waals surface area (Å²) in [4.78, 5) is 0.0346. The molecule has 0 heterocycles. The lowest BCUT2D eigenvalue weighted by atomic mass is 9.85. The van der Waals surface area contributed by atoms with Crippen LogP contribution in [0.25, 0.3) is 0 Å². The molecule has 1 atom stereocenters. The molecule has 0 N–H and O–H groups in total. The fraction of sp³-hybridized carbons (Fsp3) is 0.217. The van der Waals surface area contributed by atoms with Crippen molar-refractivity contribution in [1.29, 1.82) is 0 Å². The highest BCUT2D eigenvalue weighted by Gasteiger charge is 2.71. The number of hydrogen-bond donors (Lipinski definition) is 0. The van der Waals surface area contributed by atoms with Gasteiger partial charge in [0.15, 0.2) is 5.67 Å². The van der Waals surface area contributed by atoms with Gasteiger partial charge in [-0.2, -0.15) is 8.42 Å². The summed E-state index contributed by atoms with van der Waals surface area (Å²) in [6, 6.07) is 25.1. The predicted octanol–water partition coefficient (Wildman–Crippen LogP) is 4.80. The van der Waals surface area contributed by atoms with Gasteiger partial charge in [0.25, 0.3) is 10.1 Å². The lowest BCUT2D eigenvalue weighted by molar-refractivity contribution is 0.165. The van der Waals surface area contributed by atoms with Gasteiger partial charge in [0.05, 0.1) is 10.3 Å². The highest BCUT2D eigenvalue weighted by atomic mass is 32.2. The van der Waals surface area contributed by atoms with E-state index in [9.17, 15) is 8.42 Å². The quantitative estimate of drug-likeness (QED) is 0.562. The van der Waals surface area contributed by atoms with E-state index in [1.807, 2.05) is 67.6 Å². The average molecular weight is 396 g/mol. The fourth-order valence-electron chi connectivity index (χ4n) is 3.83. The van der Waals surface area contributed by atoms with Crippen molar-refractivity contribution in [2.75, 3.05) is 6.61 Å². The molecule has 3 aromatic rings. The Morgan fingerprint density at radius 3 is 1.86 bits per heavy atom. The maximum Gasteiger partial charge on any atom is 0.297 e. The molecule has 0 aliphatic heterocycles. The summed E-state index contributed by atoms with van der Waals surface area (Å²) in [7, 11) is -4.02. The van der Waals surface area contributed by atoms with Gasteiger partial charge in [-0.25, -0.2) is 4.39 Å². The summed E-state index contributed by atoms with van der Waals surface area (Å²) >= 11 is 0. The molecule has 0 amide bonds. The summed E-state index contributed by atoms with van der Waals surface area (Å²) < 4.78 is 46.1. The SMILES string of the molecule is Cc1ccc(S(=O)(=O)OC[C@@]2(F)CC2(c2ccccc2)c2ccccc2)cc1. The van der Waals surface area contributed by atoms with E-state index in [1.54, 1.807) is 12.1 Å². The number of aryl methyl sites for hydroxylation is 1. The summed E-state index contributed by atoms with van der Waals surface area (Å²) in [6.45, 7) is 1.35. The topological polar surface area (TPSA) is 43.4 Å². The van der Waals surface area contributed by atoms with E-state index >= 15 is 4.39 Å². The van der Waals surface area contributed by atoms with Crippen molar-refractivity contribution in [3.63, 3.8) is 0 Å². The molecule has 1 aliphatic rings. The van der Waals surface area contributed by atoms with Crippen LogP contribution in [0.3, 0.4) is 0 Å². The summed E-state index contributed by atoms with van der Waals surface area (Å²) in [6.07, 6.45) is 0.178. The standard InChI is InChI=1S/C23H21FO3S/c1-18-12-14-21(15-13-18)28(25,26)27-17-22(24)16-23(22,19-8-4-2-5-9-19)20-10-6-3-7-11-20/h2-15H,16-17H2,1H3/t22-/m0/s1. The van der Waals surface area contributed by atoms with E-state index in [4.69, 9.17) is 4.18 Å². The van der Waals surface area contributed by atoms with Gasteiger partial charge < -0.3 is 0 Å². The largest absolute Gasteiger partial charge is 0.297 e. The molecule has 3 aromatic carbocycles. The van der Waals surface area contributed by atoms with Crippen molar-refractivity contribution < 1.29 is 17.0 Å². The minimum atomic E-state index is -4.02. The van der Waals surface area contributed by atoms with Gasteiger partial charge in [-0.15, -0.1) is 0 Å². The summed E-state index contributed by atoms with van der Waals surface area (Å²) in [5, 5.41) is 0. The second kappa shape index (κ2) is 6.83. The molecule has 0 radical (unpaired) electrons. The van der Waals surface area contributed by atoms with Crippen molar-refractivity contribution in [3.05, 3.63) is 102 Å². The van der Waals surface area contributed by atoms with Crippen molar-refractivity contribution in [2.24, 2.45) is 0 Å². The maximum atomic E-state index is 15.9. The molecule has 144 valence electrons. The van der Waals surface area contributed by atoms with Gasteiger partial charge in [0.2, 0.25) is 0 Å². The fourth-order valence-corrected chi connectivity index (χ4v) is 4.78. The first kappa shape index (κ1) is 18.8. The molecule has 0 saturated heterocycles. The molecule has 5 heteroatoms. The van der Waals surface area contributed by atoms with Crippen molar-refractivity contribution in [1.82, 2.24) is 0 Å². The first-order valence-electron chi connectivity index (χ1n) is 9.14. The Labute approximate surface area is 164 Å². The Hall–Kier alpha value is -2.50. The van der Waals surface area contributed by atoms with Crippen LogP contribution in [0.15, 0.2) is 89.8 Å². The molecule has 0 spiro atoms. The molecule has 3 nitrogen and oxygen atoms in total. The molecular formula is C23H21FO3S. The Balaban J connectivity index is 1.63. The Morgan fingerprint density at radius 1 is 0.857 bits per heavy atom. The highest BCUT2D eigenvalue weighted by Crippen LogP contribution is 2.64. The smallest absolute Gasteiger partial charge is 0.263 e. The van der Waals surface area contributed by atoms with E-state index in [0.717, 1.165) is 16.7 Å². The number of halogens is 1. The second-order valence-electron chi connectivity index (χ2n) is 7.31. The number of hydrogen-bond acceptors (Lipinski definition) is 3. The van der Waals surface area contributed by atoms with Gasteiger partial charge >= 0.3 is 0 Å². The third-order valence-corrected chi connectivity index (χ3v) is 6.75. The molecule has 1 saturated carbocycles. The third kappa shape index (κ3) is 3.15. The Morgan fingerprint density at radius 2 is 1.36 bits per heavy atom. The molecule has 28 heavy (non-hydrogen) atoms. The number of alkyl halides is 1. The Kier molecular flexibility index (Phi) is 4.60. The van der Waals surface area contributed by atoms with Crippen LogP contribution in [0.2, 0.25) is 0 Å². The zero-order valence-corrected chi connectivity index (χ0v) is 16.3. The van der Waals surface area contributed by atoms with Crippen molar-refractivity contribution >= 4 is 10.1 Å². The van der Waals surface area contributed by atoms with Crippen LogP contribution in [-0.2, 0) is 19.7 Å².